The molecule has 0 spiro atoms. The average molecular weight is 268 g/mol. The first-order chi connectivity index (χ1) is 8.32. The van der Waals surface area contributed by atoms with E-state index in [9.17, 15) is 0 Å². The van der Waals surface area contributed by atoms with Gasteiger partial charge in [-0.3, -0.25) is 0 Å². The summed E-state index contributed by atoms with van der Waals surface area (Å²) >= 11 is 6.03. The molecule has 0 amide bonds. The molecule has 2 atom stereocenters. The first-order valence-electron chi connectivity index (χ1n) is 6.74. The lowest BCUT2D eigenvalue weighted by molar-refractivity contribution is 0.225. The lowest BCUT2D eigenvalue weighted by Gasteiger charge is -2.30. The quantitative estimate of drug-likeness (QED) is 0.826. The van der Waals surface area contributed by atoms with Crippen molar-refractivity contribution in [2.24, 2.45) is 11.3 Å². The molecular formula is C16H26ClN. The van der Waals surface area contributed by atoms with Gasteiger partial charge in [-0.2, -0.15) is 0 Å². The highest BCUT2D eigenvalue weighted by Gasteiger charge is 2.23. The molecule has 0 aliphatic carbocycles. The zero-order valence-corrected chi connectivity index (χ0v) is 13.0. The Balaban J connectivity index is 2.63. The van der Waals surface area contributed by atoms with E-state index in [0.29, 0.717) is 17.4 Å². The average Bonchev–Trinajstić information content (AvgIpc) is 2.26. The molecule has 18 heavy (non-hydrogen) atoms. The molecular weight excluding hydrogens is 242 g/mol. The molecule has 0 radical (unpaired) electrons. The van der Waals surface area contributed by atoms with Crippen LogP contribution in [0.1, 0.15) is 39.7 Å². The Morgan fingerprint density at radius 3 is 2.44 bits per heavy atom. The Labute approximate surface area is 117 Å². The molecule has 0 saturated carbocycles. The first kappa shape index (κ1) is 15.5. The summed E-state index contributed by atoms with van der Waals surface area (Å²) in [4.78, 5) is 0. The van der Waals surface area contributed by atoms with Crippen molar-refractivity contribution < 1.29 is 0 Å². The maximum Gasteiger partial charge on any atom is 0.0408 e. The highest BCUT2D eigenvalue weighted by molar-refractivity contribution is 6.30. The van der Waals surface area contributed by atoms with Gasteiger partial charge >= 0.3 is 0 Å². The van der Waals surface area contributed by atoms with Crippen molar-refractivity contribution in [3.63, 3.8) is 0 Å². The van der Waals surface area contributed by atoms with Crippen LogP contribution >= 0.6 is 11.6 Å². The van der Waals surface area contributed by atoms with Gasteiger partial charge in [0.2, 0.25) is 0 Å². The molecule has 0 aliphatic rings. The standard InChI is InChI=1S/C16H26ClN/c1-12(16(2,3)4)9-15(18-5)11-13-7-6-8-14(17)10-13/h6-8,10,12,15,18H,9,11H2,1-5H3. The van der Waals surface area contributed by atoms with E-state index in [-0.39, 0.29) is 0 Å². The number of rotatable bonds is 5. The van der Waals surface area contributed by atoms with Crippen LogP contribution in [0.4, 0.5) is 0 Å². The summed E-state index contributed by atoms with van der Waals surface area (Å²) in [5, 5.41) is 4.26. The minimum Gasteiger partial charge on any atom is -0.317 e. The van der Waals surface area contributed by atoms with Crippen LogP contribution in [0.5, 0.6) is 0 Å². The van der Waals surface area contributed by atoms with E-state index >= 15 is 0 Å². The molecule has 0 bridgehead atoms. The van der Waals surface area contributed by atoms with Crippen molar-refractivity contribution in [1.29, 1.82) is 0 Å². The van der Waals surface area contributed by atoms with Crippen molar-refractivity contribution in [3.05, 3.63) is 34.9 Å². The highest BCUT2D eigenvalue weighted by atomic mass is 35.5. The van der Waals surface area contributed by atoms with Crippen LogP contribution in [0.15, 0.2) is 24.3 Å². The second-order valence-electron chi connectivity index (χ2n) is 6.32. The van der Waals surface area contributed by atoms with E-state index < -0.39 is 0 Å². The number of hydrogen-bond acceptors (Lipinski definition) is 1. The predicted molar refractivity (Wildman–Crippen MR) is 81.2 cm³/mol. The highest BCUT2D eigenvalue weighted by Crippen LogP contribution is 2.29. The van der Waals surface area contributed by atoms with E-state index in [2.05, 4.69) is 45.1 Å². The summed E-state index contributed by atoms with van der Waals surface area (Å²) in [7, 11) is 2.05. The van der Waals surface area contributed by atoms with Gasteiger partial charge in [-0.05, 0) is 48.9 Å². The Morgan fingerprint density at radius 2 is 1.94 bits per heavy atom. The first-order valence-corrected chi connectivity index (χ1v) is 7.12. The number of likely N-dealkylation sites (N-methyl/N-ethyl adjacent to an activating group) is 1. The Morgan fingerprint density at radius 1 is 1.28 bits per heavy atom. The summed E-state index contributed by atoms with van der Waals surface area (Å²) in [6, 6.07) is 8.68. The van der Waals surface area contributed by atoms with Crippen molar-refractivity contribution in [3.8, 4) is 0 Å². The normalized spacial score (nSPS) is 15.4. The molecule has 102 valence electrons. The van der Waals surface area contributed by atoms with Gasteiger partial charge < -0.3 is 5.32 Å². The van der Waals surface area contributed by atoms with Crippen LogP contribution in [0.2, 0.25) is 5.02 Å². The summed E-state index contributed by atoms with van der Waals surface area (Å²) in [6.45, 7) is 9.26. The Bertz CT molecular complexity index is 368. The Hall–Kier alpha value is -0.530. The second kappa shape index (κ2) is 6.58. The fraction of sp³-hybridized carbons (Fsp3) is 0.625. The Kier molecular flexibility index (Phi) is 5.68. The number of nitrogens with one attached hydrogen (secondary N) is 1. The van der Waals surface area contributed by atoms with Crippen molar-refractivity contribution >= 4 is 11.6 Å². The minimum absolute atomic E-state index is 0.365. The minimum atomic E-state index is 0.365. The second-order valence-corrected chi connectivity index (χ2v) is 6.76. The third-order valence-corrected chi connectivity index (χ3v) is 4.13. The maximum absolute atomic E-state index is 6.03. The molecule has 1 aromatic carbocycles. The molecule has 1 aromatic rings. The third-order valence-electron chi connectivity index (χ3n) is 3.90. The lowest BCUT2D eigenvalue weighted by atomic mass is 9.78. The van der Waals surface area contributed by atoms with Crippen LogP contribution < -0.4 is 5.32 Å². The number of benzene rings is 1. The van der Waals surface area contributed by atoms with Gasteiger partial charge in [0, 0.05) is 11.1 Å². The van der Waals surface area contributed by atoms with Gasteiger partial charge in [0.1, 0.15) is 0 Å². The van der Waals surface area contributed by atoms with E-state index in [1.54, 1.807) is 0 Å². The molecule has 1 nitrogen and oxygen atoms in total. The monoisotopic (exact) mass is 267 g/mol. The van der Waals surface area contributed by atoms with Crippen LogP contribution in [0.3, 0.4) is 0 Å². The van der Waals surface area contributed by atoms with Gasteiger partial charge in [0.15, 0.2) is 0 Å². The zero-order valence-electron chi connectivity index (χ0n) is 12.3. The van der Waals surface area contributed by atoms with Gasteiger partial charge in [-0.25, -0.2) is 0 Å². The van der Waals surface area contributed by atoms with Crippen molar-refractivity contribution in [2.75, 3.05) is 7.05 Å². The molecule has 1 N–H and O–H groups in total. The maximum atomic E-state index is 6.03. The van der Waals surface area contributed by atoms with Crippen LogP contribution in [-0.4, -0.2) is 13.1 Å². The van der Waals surface area contributed by atoms with Crippen LogP contribution in [-0.2, 0) is 6.42 Å². The fourth-order valence-electron chi connectivity index (χ4n) is 2.03. The molecule has 2 heteroatoms. The number of halogens is 1. The number of hydrogen-bond donors (Lipinski definition) is 1. The molecule has 0 aliphatic heterocycles. The van der Waals surface area contributed by atoms with Crippen LogP contribution in [0.25, 0.3) is 0 Å². The largest absolute Gasteiger partial charge is 0.317 e. The van der Waals surface area contributed by atoms with Crippen molar-refractivity contribution in [1.82, 2.24) is 5.32 Å². The van der Waals surface area contributed by atoms with E-state index in [0.717, 1.165) is 11.4 Å². The topological polar surface area (TPSA) is 12.0 Å². The van der Waals surface area contributed by atoms with E-state index in [4.69, 9.17) is 11.6 Å². The van der Waals surface area contributed by atoms with Gasteiger partial charge in [-0.1, -0.05) is 51.4 Å². The smallest absolute Gasteiger partial charge is 0.0408 e. The zero-order chi connectivity index (χ0) is 13.8. The molecule has 0 fully saturated rings. The molecule has 0 heterocycles. The summed E-state index contributed by atoms with van der Waals surface area (Å²) in [6.07, 6.45) is 2.23. The van der Waals surface area contributed by atoms with Crippen molar-refractivity contribution in [2.45, 2.75) is 46.6 Å². The molecule has 0 saturated heterocycles. The van der Waals surface area contributed by atoms with Gasteiger partial charge in [0.25, 0.3) is 0 Å². The van der Waals surface area contributed by atoms with E-state index in [1.165, 1.54) is 12.0 Å². The van der Waals surface area contributed by atoms with Crippen LogP contribution in [0, 0.1) is 11.3 Å². The molecule has 0 aromatic heterocycles. The van der Waals surface area contributed by atoms with Gasteiger partial charge in [0.05, 0.1) is 0 Å². The molecule has 1 rings (SSSR count). The SMILES string of the molecule is CNC(Cc1cccc(Cl)c1)CC(C)C(C)(C)C. The lowest BCUT2D eigenvalue weighted by Crippen LogP contribution is -2.33. The van der Waals surface area contributed by atoms with Gasteiger partial charge in [-0.15, -0.1) is 0 Å². The molecule has 2 unspecified atom stereocenters. The summed E-state index contributed by atoms with van der Waals surface area (Å²) < 4.78 is 0. The predicted octanol–water partition coefficient (Wildman–Crippen LogP) is 4.54. The fourth-order valence-corrected chi connectivity index (χ4v) is 2.24. The van der Waals surface area contributed by atoms with E-state index in [1.807, 2.05) is 19.2 Å². The summed E-state index contributed by atoms with van der Waals surface area (Å²) in [5.74, 6) is 0.689. The third kappa shape index (κ3) is 4.99. The summed E-state index contributed by atoms with van der Waals surface area (Å²) in [5.41, 5.74) is 1.67.